The fraction of sp³-hybridized carbons (Fsp3) is 0.320. The maximum Gasteiger partial charge on any atom is 0.254 e. The Labute approximate surface area is 192 Å². The van der Waals surface area contributed by atoms with Crippen molar-refractivity contribution in [3.63, 3.8) is 0 Å². The molecule has 4 rings (SSSR count). The van der Waals surface area contributed by atoms with Gasteiger partial charge in [0.05, 0.1) is 18.2 Å². The second-order valence-electron chi connectivity index (χ2n) is 9.04. The number of anilines is 1. The van der Waals surface area contributed by atoms with Gasteiger partial charge in [-0.25, -0.2) is 4.68 Å². The van der Waals surface area contributed by atoms with Crippen molar-refractivity contribution in [2.24, 2.45) is 5.73 Å². The number of primary amides is 1. The zero-order valence-electron chi connectivity index (χ0n) is 19.1. The van der Waals surface area contributed by atoms with E-state index in [-0.39, 0.29) is 28.9 Å². The topological polar surface area (TPSA) is 125 Å². The number of nitrogens with one attached hydrogen (secondary N) is 1. The summed E-state index contributed by atoms with van der Waals surface area (Å²) < 4.78 is 7.47. The minimum Gasteiger partial charge on any atom is -0.383 e. The first kappa shape index (κ1) is 22.5. The van der Waals surface area contributed by atoms with E-state index in [1.807, 2.05) is 63.2 Å². The number of carbonyl (C=O) groups excluding carboxylic acids is 2. The van der Waals surface area contributed by atoms with Gasteiger partial charge in [-0.1, -0.05) is 42.5 Å². The lowest BCUT2D eigenvalue weighted by atomic mass is 10.0. The Hall–Kier alpha value is -3.65. The van der Waals surface area contributed by atoms with Crippen molar-refractivity contribution in [2.45, 2.75) is 45.4 Å². The Kier molecular flexibility index (Phi) is 5.95. The van der Waals surface area contributed by atoms with Gasteiger partial charge < -0.3 is 21.5 Å². The first-order valence-electron chi connectivity index (χ1n) is 10.9. The molecule has 2 amide bonds. The van der Waals surface area contributed by atoms with Gasteiger partial charge in [-0.05, 0) is 38.0 Å². The number of rotatable bonds is 6. The van der Waals surface area contributed by atoms with E-state index in [1.54, 1.807) is 10.7 Å². The number of carbonyl (C=O) groups is 2. The Morgan fingerprint density at radius 1 is 1.18 bits per heavy atom. The van der Waals surface area contributed by atoms with E-state index in [0.717, 1.165) is 23.1 Å². The van der Waals surface area contributed by atoms with Crippen molar-refractivity contribution in [3.8, 4) is 11.3 Å². The number of hydrogen-bond donors (Lipinski definition) is 3. The molecule has 3 aromatic rings. The molecule has 33 heavy (non-hydrogen) atoms. The van der Waals surface area contributed by atoms with Crippen LogP contribution in [-0.2, 0) is 11.3 Å². The standard InChI is InChI=1S/C25H29N5O3/c1-15-6-4-5-7-19(15)24(32)28-13-16-8-10-17(11-9-16)21-20(23(27)31)22(26)30(29-21)18-12-25(2,3)33-14-18/h4-11,18H,12-14,26H2,1-3H3,(H2,27,31)(H,28,32). The summed E-state index contributed by atoms with van der Waals surface area (Å²) >= 11 is 0. The van der Waals surface area contributed by atoms with Crippen LogP contribution < -0.4 is 16.8 Å². The van der Waals surface area contributed by atoms with Crippen molar-refractivity contribution in [2.75, 3.05) is 12.3 Å². The molecule has 1 aliphatic rings. The Morgan fingerprint density at radius 2 is 1.88 bits per heavy atom. The van der Waals surface area contributed by atoms with Crippen LogP contribution in [0.15, 0.2) is 48.5 Å². The predicted molar refractivity (Wildman–Crippen MR) is 127 cm³/mol. The van der Waals surface area contributed by atoms with Gasteiger partial charge in [-0.3, -0.25) is 9.59 Å². The highest BCUT2D eigenvalue weighted by Crippen LogP contribution is 2.36. The summed E-state index contributed by atoms with van der Waals surface area (Å²) in [6.45, 7) is 6.78. The summed E-state index contributed by atoms with van der Waals surface area (Å²) in [5, 5.41) is 7.58. The van der Waals surface area contributed by atoms with Crippen LogP contribution in [-0.4, -0.2) is 33.8 Å². The van der Waals surface area contributed by atoms with Gasteiger partial charge in [0.25, 0.3) is 11.8 Å². The Morgan fingerprint density at radius 3 is 2.48 bits per heavy atom. The molecule has 0 bridgehead atoms. The minimum atomic E-state index is -0.624. The SMILES string of the molecule is Cc1ccccc1C(=O)NCc1ccc(-c2nn(C3COC(C)(C)C3)c(N)c2C(N)=O)cc1. The van der Waals surface area contributed by atoms with E-state index in [4.69, 9.17) is 16.2 Å². The molecular formula is C25H29N5O3. The Balaban J connectivity index is 1.54. The first-order chi connectivity index (χ1) is 15.7. The molecule has 0 spiro atoms. The lowest BCUT2D eigenvalue weighted by Crippen LogP contribution is -2.23. The van der Waals surface area contributed by atoms with E-state index < -0.39 is 5.91 Å². The molecule has 1 saturated heterocycles. The number of amides is 2. The largest absolute Gasteiger partial charge is 0.383 e. The molecule has 1 atom stereocenters. The molecule has 2 aromatic carbocycles. The van der Waals surface area contributed by atoms with Crippen LogP contribution in [0.1, 0.15) is 58.2 Å². The van der Waals surface area contributed by atoms with Crippen LogP contribution in [0.5, 0.6) is 0 Å². The van der Waals surface area contributed by atoms with Gasteiger partial charge in [-0.15, -0.1) is 0 Å². The molecule has 2 heterocycles. The van der Waals surface area contributed by atoms with Crippen molar-refractivity contribution < 1.29 is 14.3 Å². The molecule has 1 aromatic heterocycles. The molecule has 8 nitrogen and oxygen atoms in total. The summed E-state index contributed by atoms with van der Waals surface area (Å²) in [7, 11) is 0. The highest BCUT2D eigenvalue weighted by Gasteiger charge is 2.36. The molecule has 1 fully saturated rings. The summed E-state index contributed by atoms with van der Waals surface area (Å²) in [5.74, 6) is -0.499. The molecule has 1 unspecified atom stereocenters. The average molecular weight is 448 g/mol. The number of benzene rings is 2. The van der Waals surface area contributed by atoms with E-state index in [1.165, 1.54) is 0 Å². The molecule has 5 N–H and O–H groups in total. The number of nitrogen functional groups attached to an aromatic ring is 1. The monoisotopic (exact) mass is 447 g/mol. The van der Waals surface area contributed by atoms with Gasteiger partial charge in [-0.2, -0.15) is 5.10 Å². The second-order valence-corrected chi connectivity index (χ2v) is 9.04. The molecule has 0 aliphatic carbocycles. The number of nitrogens with zero attached hydrogens (tertiary/aromatic N) is 2. The molecule has 0 radical (unpaired) electrons. The smallest absolute Gasteiger partial charge is 0.254 e. The lowest BCUT2D eigenvalue weighted by molar-refractivity contribution is 0.0351. The number of ether oxygens (including phenoxy) is 1. The van der Waals surface area contributed by atoms with Crippen molar-refractivity contribution in [1.82, 2.24) is 15.1 Å². The van der Waals surface area contributed by atoms with Gasteiger partial charge >= 0.3 is 0 Å². The lowest BCUT2D eigenvalue weighted by Gasteiger charge is -2.16. The van der Waals surface area contributed by atoms with Crippen LogP contribution in [0.4, 0.5) is 5.82 Å². The maximum atomic E-state index is 12.5. The van der Waals surface area contributed by atoms with Gasteiger partial charge in [0.1, 0.15) is 17.1 Å². The van der Waals surface area contributed by atoms with E-state index in [9.17, 15) is 9.59 Å². The fourth-order valence-corrected chi connectivity index (χ4v) is 4.22. The Bertz CT molecular complexity index is 1200. The van der Waals surface area contributed by atoms with Gasteiger partial charge in [0.15, 0.2) is 0 Å². The molecule has 1 aliphatic heterocycles. The van der Waals surface area contributed by atoms with Crippen LogP contribution in [0.2, 0.25) is 0 Å². The zero-order chi connectivity index (χ0) is 23.8. The maximum absolute atomic E-state index is 12.5. The minimum absolute atomic E-state index is 0.0669. The number of hydrogen-bond acceptors (Lipinski definition) is 5. The number of nitrogens with two attached hydrogens (primary N) is 2. The predicted octanol–water partition coefficient (Wildman–Crippen LogP) is 3.21. The molecule has 172 valence electrons. The average Bonchev–Trinajstić information content (AvgIpc) is 3.31. The zero-order valence-corrected chi connectivity index (χ0v) is 19.1. The van der Waals surface area contributed by atoms with Crippen molar-refractivity contribution in [1.29, 1.82) is 0 Å². The molecule has 8 heteroatoms. The highest BCUT2D eigenvalue weighted by atomic mass is 16.5. The van der Waals surface area contributed by atoms with E-state index in [0.29, 0.717) is 24.4 Å². The third-order valence-corrected chi connectivity index (χ3v) is 6.00. The van der Waals surface area contributed by atoms with Crippen LogP contribution in [0.25, 0.3) is 11.3 Å². The summed E-state index contributed by atoms with van der Waals surface area (Å²) in [6, 6.07) is 14.9. The summed E-state index contributed by atoms with van der Waals surface area (Å²) in [6.07, 6.45) is 0.732. The number of aryl methyl sites for hydroxylation is 1. The van der Waals surface area contributed by atoms with Crippen molar-refractivity contribution in [3.05, 3.63) is 70.8 Å². The number of aromatic nitrogens is 2. The summed E-state index contributed by atoms with van der Waals surface area (Å²) in [5.41, 5.74) is 15.5. The third kappa shape index (κ3) is 4.61. The third-order valence-electron chi connectivity index (χ3n) is 6.00. The molecule has 0 saturated carbocycles. The van der Waals surface area contributed by atoms with Crippen LogP contribution in [0, 0.1) is 6.92 Å². The van der Waals surface area contributed by atoms with Crippen LogP contribution in [0.3, 0.4) is 0 Å². The van der Waals surface area contributed by atoms with E-state index >= 15 is 0 Å². The summed E-state index contributed by atoms with van der Waals surface area (Å²) in [4.78, 5) is 24.6. The second kappa shape index (κ2) is 8.71. The van der Waals surface area contributed by atoms with Crippen molar-refractivity contribution >= 4 is 17.6 Å². The quantitative estimate of drug-likeness (QED) is 0.535. The molecular weight excluding hydrogens is 418 g/mol. The first-order valence-corrected chi connectivity index (χ1v) is 10.9. The van der Waals surface area contributed by atoms with E-state index in [2.05, 4.69) is 10.4 Å². The van der Waals surface area contributed by atoms with Crippen LogP contribution >= 0.6 is 0 Å². The normalized spacial score (nSPS) is 17.1. The van der Waals surface area contributed by atoms with Gasteiger partial charge in [0, 0.05) is 24.1 Å². The fourth-order valence-electron chi connectivity index (χ4n) is 4.22. The van der Waals surface area contributed by atoms with Gasteiger partial charge in [0.2, 0.25) is 0 Å². The highest BCUT2D eigenvalue weighted by molar-refractivity contribution is 6.03.